The lowest BCUT2D eigenvalue weighted by Gasteiger charge is -2.25. The number of hydrogen-bond donors (Lipinski definition) is 1. The van der Waals surface area contributed by atoms with E-state index in [-0.39, 0.29) is 0 Å². The second-order valence-electron chi connectivity index (χ2n) is 4.71. The number of aromatic nitrogens is 1. The fourth-order valence-corrected chi connectivity index (χ4v) is 2.27. The van der Waals surface area contributed by atoms with Gasteiger partial charge < -0.3 is 14.7 Å². The van der Waals surface area contributed by atoms with E-state index < -0.39 is 6.29 Å². The summed E-state index contributed by atoms with van der Waals surface area (Å²) in [6, 6.07) is 4.36. The van der Waals surface area contributed by atoms with E-state index in [0.29, 0.717) is 17.8 Å². The van der Waals surface area contributed by atoms with Crippen molar-refractivity contribution in [2.75, 3.05) is 6.61 Å². The number of aliphatic hydroxyl groups excluding tert-OH is 1. The molecule has 1 unspecified atom stereocenters. The van der Waals surface area contributed by atoms with Crippen LogP contribution in [0.4, 0.5) is 0 Å². The largest absolute Gasteiger partial charge is 0.366 e. The zero-order chi connectivity index (χ0) is 12.5. The standard InChI is InChI=1S/C13H15ClN2O2/c14-12-4-1-9(6-15-12)7-16(10-2-3-10)11-5-13(17)18-8-11/h1,4-6,10,13,17H,2-3,7-8H2. The summed E-state index contributed by atoms with van der Waals surface area (Å²) in [5.41, 5.74) is 2.19. The molecule has 3 rings (SSSR count). The van der Waals surface area contributed by atoms with Crippen molar-refractivity contribution in [2.24, 2.45) is 0 Å². The Kier molecular flexibility index (Phi) is 3.24. The fraction of sp³-hybridized carbons (Fsp3) is 0.462. The van der Waals surface area contributed by atoms with Crippen LogP contribution in [0.15, 0.2) is 30.1 Å². The van der Waals surface area contributed by atoms with Gasteiger partial charge in [-0.05, 0) is 30.5 Å². The minimum atomic E-state index is -0.760. The van der Waals surface area contributed by atoms with Crippen LogP contribution < -0.4 is 0 Å². The number of rotatable bonds is 4. The maximum absolute atomic E-state index is 9.40. The van der Waals surface area contributed by atoms with Gasteiger partial charge in [0.05, 0.1) is 6.61 Å². The van der Waals surface area contributed by atoms with Gasteiger partial charge in [-0.1, -0.05) is 17.7 Å². The van der Waals surface area contributed by atoms with Crippen LogP contribution in [0.5, 0.6) is 0 Å². The Labute approximate surface area is 111 Å². The highest BCUT2D eigenvalue weighted by Crippen LogP contribution is 2.33. The van der Waals surface area contributed by atoms with Crippen LogP contribution in [0.2, 0.25) is 5.15 Å². The molecule has 0 radical (unpaired) electrons. The van der Waals surface area contributed by atoms with Crippen LogP contribution in [-0.4, -0.2) is 33.9 Å². The van der Waals surface area contributed by atoms with Gasteiger partial charge in [-0.2, -0.15) is 0 Å². The van der Waals surface area contributed by atoms with Crippen molar-refractivity contribution in [2.45, 2.75) is 31.7 Å². The Morgan fingerprint density at radius 1 is 1.44 bits per heavy atom. The zero-order valence-electron chi connectivity index (χ0n) is 9.92. The van der Waals surface area contributed by atoms with Crippen molar-refractivity contribution in [1.82, 2.24) is 9.88 Å². The summed E-state index contributed by atoms with van der Waals surface area (Å²) in [6.45, 7) is 1.27. The van der Waals surface area contributed by atoms with Gasteiger partial charge in [0.15, 0.2) is 6.29 Å². The minimum Gasteiger partial charge on any atom is -0.366 e. The summed E-state index contributed by atoms with van der Waals surface area (Å²) < 4.78 is 5.17. The number of aliphatic hydroxyl groups is 1. The van der Waals surface area contributed by atoms with Crippen LogP contribution in [0, 0.1) is 0 Å². The molecule has 2 heterocycles. The smallest absolute Gasteiger partial charge is 0.176 e. The number of halogens is 1. The predicted octanol–water partition coefficient (Wildman–Crippen LogP) is 1.93. The van der Waals surface area contributed by atoms with Crippen LogP contribution in [0.3, 0.4) is 0 Å². The van der Waals surface area contributed by atoms with Crippen molar-refractivity contribution in [3.8, 4) is 0 Å². The lowest BCUT2D eigenvalue weighted by Crippen LogP contribution is -2.25. The fourth-order valence-electron chi connectivity index (χ4n) is 2.16. The van der Waals surface area contributed by atoms with E-state index in [0.717, 1.165) is 17.8 Å². The summed E-state index contributed by atoms with van der Waals surface area (Å²) in [4.78, 5) is 6.38. The Morgan fingerprint density at radius 3 is 2.83 bits per heavy atom. The first-order chi connectivity index (χ1) is 8.72. The summed E-state index contributed by atoms with van der Waals surface area (Å²) >= 11 is 5.78. The summed E-state index contributed by atoms with van der Waals surface area (Å²) in [7, 11) is 0. The maximum Gasteiger partial charge on any atom is 0.176 e. The van der Waals surface area contributed by atoms with E-state index in [2.05, 4.69) is 9.88 Å². The molecule has 1 saturated carbocycles. The first-order valence-electron chi connectivity index (χ1n) is 6.10. The SMILES string of the molecule is OC1C=C(N(Cc2ccc(Cl)nc2)C2CC2)CO1. The highest BCUT2D eigenvalue weighted by molar-refractivity contribution is 6.29. The first-order valence-corrected chi connectivity index (χ1v) is 6.47. The predicted molar refractivity (Wildman–Crippen MR) is 67.9 cm³/mol. The molecule has 18 heavy (non-hydrogen) atoms. The van der Waals surface area contributed by atoms with Gasteiger partial charge in [0.1, 0.15) is 5.15 Å². The lowest BCUT2D eigenvalue weighted by molar-refractivity contribution is -0.0414. The molecule has 5 heteroatoms. The summed E-state index contributed by atoms with van der Waals surface area (Å²) in [5, 5.41) is 9.91. The normalized spacial score (nSPS) is 23.0. The molecule has 2 aliphatic rings. The molecular weight excluding hydrogens is 252 g/mol. The third-order valence-corrected chi connectivity index (χ3v) is 3.46. The van der Waals surface area contributed by atoms with E-state index in [1.807, 2.05) is 6.07 Å². The molecule has 1 N–H and O–H groups in total. The van der Waals surface area contributed by atoms with E-state index in [4.69, 9.17) is 16.3 Å². The molecule has 0 spiro atoms. The molecule has 0 saturated heterocycles. The molecule has 96 valence electrons. The molecule has 1 aromatic rings. The molecule has 0 aromatic carbocycles. The second-order valence-corrected chi connectivity index (χ2v) is 5.10. The summed E-state index contributed by atoms with van der Waals surface area (Å²) in [6.07, 6.45) is 5.22. The Hall–Kier alpha value is -1.10. The van der Waals surface area contributed by atoms with Crippen molar-refractivity contribution in [1.29, 1.82) is 0 Å². The molecule has 0 amide bonds. The molecule has 4 nitrogen and oxygen atoms in total. The van der Waals surface area contributed by atoms with Gasteiger partial charge in [0.2, 0.25) is 0 Å². The van der Waals surface area contributed by atoms with Crippen molar-refractivity contribution < 1.29 is 9.84 Å². The molecule has 1 aliphatic carbocycles. The van der Waals surface area contributed by atoms with Crippen LogP contribution >= 0.6 is 11.6 Å². The van der Waals surface area contributed by atoms with E-state index in [9.17, 15) is 5.11 Å². The average molecular weight is 267 g/mol. The van der Waals surface area contributed by atoms with Crippen LogP contribution in [-0.2, 0) is 11.3 Å². The zero-order valence-corrected chi connectivity index (χ0v) is 10.7. The molecule has 0 bridgehead atoms. The first kappa shape index (κ1) is 12.0. The highest BCUT2D eigenvalue weighted by Gasteiger charge is 2.32. The third-order valence-electron chi connectivity index (χ3n) is 3.24. The number of pyridine rings is 1. The van der Waals surface area contributed by atoms with E-state index in [1.165, 1.54) is 12.8 Å². The van der Waals surface area contributed by atoms with Crippen LogP contribution in [0.1, 0.15) is 18.4 Å². The topological polar surface area (TPSA) is 45.6 Å². The highest BCUT2D eigenvalue weighted by atomic mass is 35.5. The minimum absolute atomic E-state index is 0.485. The summed E-state index contributed by atoms with van der Waals surface area (Å²) in [5.74, 6) is 0. The molecule has 1 aliphatic heterocycles. The Bertz CT molecular complexity index is 457. The number of nitrogens with zero attached hydrogens (tertiary/aromatic N) is 2. The van der Waals surface area contributed by atoms with E-state index in [1.54, 1.807) is 18.3 Å². The van der Waals surface area contributed by atoms with Gasteiger partial charge >= 0.3 is 0 Å². The molecule has 1 aromatic heterocycles. The number of hydrogen-bond acceptors (Lipinski definition) is 4. The third kappa shape index (κ3) is 2.66. The molecular formula is C13H15ClN2O2. The second kappa shape index (κ2) is 4.88. The van der Waals surface area contributed by atoms with Gasteiger partial charge in [-0.15, -0.1) is 0 Å². The maximum atomic E-state index is 9.40. The number of ether oxygens (including phenoxy) is 1. The Balaban J connectivity index is 1.74. The van der Waals surface area contributed by atoms with Gasteiger partial charge in [0, 0.05) is 24.5 Å². The molecule has 1 fully saturated rings. The van der Waals surface area contributed by atoms with Crippen molar-refractivity contribution in [3.05, 3.63) is 40.8 Å². The average Bonchev–Trinajstić information content (AvgIpc) is 3.11. The van der Waals surface area contributed by atoms with Gasteiger partial charge in [-0.25, -0.2) is 4.98 Å². The van der Waals surface area contributed by atoms with Crippen LogP contribution in [0.25, 0.3) is 0 Å². The lowest BCUT2D eigenvalue weighted by atomic mass is 10.2. The van der Waals surface area contributed by atoms with Crippen molar-refractivity contribution in [3.63, 3.8) is 0 Å². The monoisotopic (exact) mass is 266 g/mol. The Morgan fingerprint density at radius 2 is 2.28 bits per heavy atom. The van der Waals surface area contributed by atoms with Gasteiger partial charge in [-0.3, -0.25) is 0 Å². The van der Waals surface area contributed by atoms with E-state index >= 15 is 0 Å². The quantitative estimate of drug-likeness (QED) is 0.846. The molecule has 1 atom stereocenters. The van der Waals surface area contributed by atoms with Crippen molar-refractivity contribution >= 4 is 11.6 Å². The van der Waals surface area contributed by atoms with Gasteiger partial charge in [0.25, 0.3) is 0 Å².